The summed E-state index contributed by atoms with van der Waals surface area (Å²) in [7, 11) is 0. The quantitative estimate of drug-likeness (QED) is 0.0780. The maximum Gasteiger partial charge on any atom is 0.252 e. The SMILES string of the molecule is CCCN(CCC)CCC[C@H](NC(=O)c1ccc(CNC(C)c2ncc[nH]2)c2ccccc12)C(=O)NCCc1c[nH]c2ccccc12. The number of rotatable bonds is 18. The molecule has 2 atom stereocenters. The zero-order valence-electron chi connectivity index (χ0n) is 27.9. The van der Waals surface area contributed by atoms with Crippen molar-refractivity contribution in [3.63, 3.8) is 0 Å². The standard InChI is InChI=1S/C38H49N7O2/c1-4-22-45(23-5-2)24-10-15-35(38(47)41-19-18-29-26-43-34-14-9-8-12-31(29)34)44-37(46)33-17-16-28(30-11-6-7-13-32(30)33)25-42-27(3)36-39-20-21-40-36/h6-9,11-14,16-17,20-21,26-27,35,42-43H,4-5,10,15,18-19,22-25H2,1-3H3,(H,39,40)(H,41,47)(H,44,46)/t27?,35-/m0/s1. The molecule has 0 saturated heterocycles. The molecule has 0 aliphatic carbocycles. The molecule has 3 aromatic carbocycles. The Balaban J connectivity index is 1.28. The highest BCUT2D eigenvalue weighted by molar-refractivity contribution is 6.09. The van der Waals surface area contributed by atoms with E-state index in [-0.39, 0.29) is 17.9 Å². The van der Waals surface area contributed by atoms with Crippen LogP contribution in [0, 0.1) is 0 Å². The summed E-state index contributed by atoms with van der Waals surface area (Å²) >= 11 is 0. The van der Waals surface area contributed by atoms with Gasteiger partial charge < -0.3 is 30.8 Å². The van der Waals surface area contributed by atoms with Crippen LogP contribution in [-0.2, 0) is 17.8 Å². The van der Waals surface area contributed by atoms with E-state index in [1.165, 1.54) is 5.39 Å². The van der Waals surface area contributed by atoms with Crippen LogP contribution in [0.15, 0.2) is 79.3 Å². The first kappa shape index (κ1) is 33.9. The van der Waals surface area contributed by atoms with Gasteiger partial charge in [0.25, 0.3) is 5.91 Å². The third kappa shape index (κ3) is 8.87. The minimum Gasteiger partial charge on any atom is -0.361 e. The van der Waals surface area contributed by atoms with Crippen molar-refractivity contribution in [1.82, 2.24) is 35.8 Å². The molecule has 5 aromatic rings. The first-order chi connectivity index (χ1) is 23.0. The highest BCUT2D eigenvalue weighted by atomic mass is 16.2. The lowest BCUT2D eigenvalue weighted by Crippen LogP contribution is -2.47. The van der Waals surface area contributed by atoms with Gasteiger partial charge in [0.1, 0.15) is 11.9 Å². The number of nitrogens with one attached hydrogen (secondary N) is 5. The van der Waals surface area contributed by atoms with Crippen LogP contribution in [0.2, 0.25) is 0 Å². The second kappa shape index (κ2) is 16.9. The second-order valence-corrected chi connectivity index (χ2v) is 12.3. The summed E-state index contributed by atoms with van der Waals surface area (Å²) < 4.78 is 0. The smallest absolute Gasteiger partial charge is 0.252 e. The molecule has 0 bridgehead atoms. The van der Waals surface area contributed by atoms with E-state index in [0.29, 0.717) is 31.5 Å². The third-order valence-corrected chi connectivity index (χ3v) is 8.82. The van der Waals surface area contributed by atoms with Crippen molar-refractivity contribution in [2.24, 2.45) is 0 Å². The molecule has 9 nitrogen and oxygen atoms in total. The number of amides is 2. The zero-order valence-corrected chi connectivity index (χ0v) is 27.9. The molecule has 5 rings (SSSR count). The third-order valence-electron chi connectivity index (χ3n) is 8.82. The number of hydrogen-bond acceptors (Lipinski definition) is 5. The average Bonchev–Trinajstić information content (AvgIpc) is 3.78. The van der Waals surface area contributed by atoms with Gasteiger partial charge in [0.05, 0.1) is 6.04 Å². The second-order valence-electron chi connectivity index (χ2n) is 12.3. The van der Waals surface area contributed by atoms with Gasteiger partial charge in [-0.2, -0.15) is 0 Å². The Bertz CT molecular complexity index is 1720. The van der Waals surface area contributed by atoms with Gasteiger partial charge in [0, 0.05) is 48.1 Å². The van der Waals surface area contributed by atoms with Gasteiger partial charge in [-0.05, 0) is 92.7 Å². The Hall–Kier alpha value is -4.47. The molecule has 2 heterocycles. The molecule has 248 valence electrons. The molecule has 0 saturated carbocycles. The van der Waals surface area contributed by atoms with E-state index in [2.05, 4.69) is 68.7 Å². The van der Waals surface area contributed by atoms with Gasteiger partial charge in [-0.25, -0.2) is 4.98 Å². The summed E-state index contributed by atoms with van der Waals surface area (Å²) in [6.45, 7) is 10.5. The molecule has 0 aliphatic rings. The summed E-state index contributed by atoms with van der Waals surface area (Å²) in [5.74, 6) is 0.497. The molecular weight excluding hydrogens is 586 g/mol. The summed E-state index contributed by atoms with van der Waals surface area (Å²) in [6.07, 6.45) is 9.85. The van der Waals surface area contributed by atoms with Crippen LogP contribution in [0.1, 0.15) is 79.8 Å². The van der Waals surface area contributed by atoms with Crippen LogP contribution < -0.4 is 16.0 Å². The van der Waals surface area contributed by atoms with Gasteiger partial charge in [0.15, 0.2) is 0 Å². The van der Waals surface area contributed by atoms with Crippen molar-refractivity contribution in [3.05, 3.63) is 102 Å². The number of para-hydroxylation sites is 1. The Kier molecular flexibility index (Phi) is 12.2. The van der Waals surface area contributed by atoms with Gasteiger partial charge in [0.2, 0.25) is 5.91 Å². The van der Waals surface area contributed by atoms with E-state index in [0.717, 1.165) is 72.1 Å². The number of carbonyl (C=O) groups is 2. The minimum absolute atomic E-state index is 0.0487. The maximum atomic E-state index is 13.9. The van der Waals surface area contributed by atoms with E-state index in [4.69, 9.17) is 0 Å². The summed E-state index contributed by atoms with van der Waals surface area (Å²) in [4.78, 5) is 40.8. The van der Waals surface area contributed by atoms with E-state index >= 15 is 0 Å². The lowest BCUT2D eigenvalue weighted by molar-refractivity contribution is -0.123. The number of aromatic amines is 2. The number of benzene rings is 3. The van der Waals surface area contributed by atoms with Crippen molar-refractivity contribution < 1.29 is 9.59 Å². The van der Waals surface area contributed by atoms with Gasteiger partial charge >= 0.3 is 0 Å². The Labute approximate surface area is 277 Å². The molecule has 2 amide bonds. The molecule has 1 unspecified atom stereocenters. The van der Waals surface area contributed by atoms with Gasteiger partial charge in [-0.1, -0.05) is 62.4 Å². The van der Waals surface area contributed by atoms with Crippen molar-refractivity contribution in [1.29, 1.82) is 0 Å². The van der Waals surface area contributed by atoms with Crippen LogP contribution in [0.3, 0.4) is 0 Å². The molecule has 47 heavy (non-hydrogen) atoms. The lowest BCUT2D eigenvalue weighted by Gasteiger charge is -2.23. The number of aromatic nitrogens is 3. The normalized spacial score (nSPS) is 12.9. The fourth-order valence-corrected chi connectivity index (χ4v) is 6.36. The molecule has 2 aromatic heterocycles. The van der Waals surface area contributed by atoms with E-state index in [1.54, 1.807) is 6.20 Å². The highest BCUT2D eigenvalue weighted by Gasteiger charge is 2.23. The van der Waals surface area contributed by atoms with Crippen molar-refractivity contribution in [2.45, 2.75) is 71.5 Å². The van der Waals surface area contributed by atoms with Crippen molar-refractivity contribution >= 4 is 33.5 Å². The molecule has 5 N–H and O–H groups in total. The number of imidazole rings is 1. The number of fused-ring (bicyclic) bond motifs is 2. The lowest BCUT2D eigenvalue weighted by atomic mass is 9.98. The predicted molar refractivity (Wildman–Crippen MR) is 190 cm³/mol. The number of hydrogen-bond donors (Lipinski definition) is 5. The zero-order chi connectivity index (χ0) is 33.0. The first-order valence-electron chi connectivity index (χ1n) is 17.1. The largest absolute Gasteiger partial charge is 0.361 e. The molecule has 0 aliphatic heterocycles. The van der Waals surface area contributed by atoms with Crippen LogP contribution in [-0.4, -0.2) is 63.9 Å². The average molecular weight is 636 g/mol. The van der Waals surface area contributed by atoms with Gasteiger partial charge in [-0.15, -0.1) is 0 Å². The number of carbonyl (C=O) groups excluding carboxylic acids is 2. The molecular formula is C38H49N7O2. The topological polar surface area (TPSA) is 118 Å². The summed E-state index contributed by atoms with van der Waals surface area (Å²) in [6, 6.07) is 19.4. The van der Waals surface area contributed by atoms with Crippen LogP contribution in [0.4, 0.5) is 0 Å². The van der Waals surface area contributed by atoms with Crippen LogP contribution in [0.25, 0.3) is 21.7 Å². The van der Waals surface area contributed by atoms with Crippen molar-refractivity contribution in [3.8, 4) is 0 Å². The van der Waals surface area contributed by atoms with E-state index in [9.17, 15) is 9.59 Å². The number of H-pyrrole nitrogens is 2. The Morgan fingerprint density at radius 3 is 2.36 bits per heavy atom. The van der Waals surface area contributed by atoms with E-state index in [1.807, 2.05) is 60.9 Å². The van der Waals surface area contributed by atoms with Crippen LogP contribution in [0.5, 0.6) is 0 Å². The highest BCUT2D eigenvalue weighted by Crippen LogP contribution is 2.24. The molecule has 0 spiro atoms. The number of nitrogens with zero attached hydrogens (tertiary/aromatic N) is 2. The fraction of sp³-hybridized carbons (Fsp3) is 0.395. The van der Waals surface area contributed by atoms with Crippen molar-refractivity contribution in [2.75, 3.05) is 26.2 Å². The Morgan fingerprint density at radius 1 is 0.872 bits per heavy atom. The Morgan fingerprint density at radius 2 is 1.62 bits per heavy atom. The van der Waals surface area contributed by atoms with Crippen LogP contribution >= 0.6 is 0 Å². The summed E-state index contributed by atoms with van der Waals surface area (Å²) in [5, 5.41) is 12.8. The predicted octanol–water partition coefficient (Wildman–Crippen LogP) is 6.25. The maximum absolute atomic E-state index is 13.9. The van der Waals surface area contributed by atoms with E-state index < -0.39 is 6.04 Å². The minimum atomic E-state index is -0.634. The molecule has 0 fully saturated rings. The molecule has 0 radical (unpaired) electrons. The first-order valence-corrected chi connectivity index (χ1v) is 17.1. The van der Waals surface area contributed by atoms with Gasteiger partial charge in [-0.3, -0.25) is 9.59 Å². The summed E-state index contributed by atoms with van der Waals surface area (Å²) in [5.41, 5.74) is 3.91. The molecule has 9 heteroatoms. The monoisotopic (exact) mass is 635 g/mol. The fourth-order valence-electron chi connectivity index (χ4n) is 6.36.